The molecular formula is C51H55N3O2Pt. The largest absolute Gasteiger partial charge is 2.00 e. The summed E-state index contributed by atoms with van der Waals surface area (Å²) in [6.45, 7) is 30.5. The van der Waals surface area contributed by atoms with E-state index >= 15 is 0 Å². The SMILES string of the molecule is [2H]C1([2H])C[C@]2(C)OC(c3[c-]c(Oc4[c-]c5c(cc4C)C(C)(C)c4cc(C(C)(C)C)cc6c7c(C)ccnc7n-5c46)cc(C(C)(C)C)c3)=N[C@]2(C)c2ccc(C)c(C)c21.[Pt+2]. The van der Waals surface area contributed by atoms with Gasteiger partial charge in [-0.2, -0.15) is 6.07 Å². The quantitative estimate of drug-likeness (QED) is 0.166. The second-order valence-electron chi connectivity index (χ2n) is 19.6. The van der Waals surface area contributed by atoms with Crippen LogP contribution in [0.5, 0.6) is 11.5 Å². The summed E-state index contributed by atoms with van der Waals surface area (Å²) in [5, 5.41) is 2.39. The maximum atomic E-state index is 9.22. The molecule has 6 heteroatoms. The Bertz CT molecular complexity index is 2820. The van der Waals surface area contributed by atoms with Crippen LogP contribution in [-0.2, 0) is 54.0 Å². The Morgan fingerprint density at radius 3 is 2.21 bits per heavy atom. The molecule has 0 saturated carbocycles. The van der Waals surface area contributed by atoms with Crippen LogP contribution < -0.4 is 4.74 Å². The van der Waals surface area contributed by atoms with Crippen molar-refractivity contribution in [2.75, 3.05) is 0 Å². The third kappa shape index (κ3) is 5.72. The summed E-state index contributed by atoms with van der Waals surface area (Å²) in [6, 6.07) is 24.8. The van der Waals surface area contributed by atoms with Gasteiger partial charge >= 0.3 is 21.1 Å². The summed E-state index contributed by atoms with van der Waals surface area (Å²) < 4.78 is 34.5. The third-order valence-corrected chi connectivity index (χ3v) is 13.3. The zero-order valence-electron chi connectivity index (χ0n) is 37.9. The number of aromatic nitrogens is 2. The molecule has 2 atom stereocenters. The predicted octanol–water partition coefficient (Wildman–Crippen LogP) is 12.4. The van der Waals surface area contributed by atoms with Crippen LogP contribution in [0.25, 0.3) is 27.6 Å². The van der Waals surface area contributed by atoms with E-state index in [1.807, 2.05) is 33.0 Å². The first-order valence-electron chi connectivity index (χ1n) is 21.0. The summed E-state index contributed by atoms with van der Waals surface area (Å²) in [5.41, 5.74) is 12.1. The van der Waals surface area contributed by atoms with Crippen LogP contribution in [0.4, 0.5) is 0 Å². The molecule has 57 heavy (non-hydrogen) atoms. The zero-order chi connectivity index (χ0) is 41.9. The molecule has 4 heterocycles. The maximum Gasteiger partial charge on any atom is 2.00 e. The average molecular weight is 939 g/mol. The fourth-order valence-corrected chi connectivity index (χ4v) is 9.16. The Labute approximate surface area is 356 Å². The molecule has 0 amide bonds. The minimum absolute atomic E-state index is 0. The summed E-state index contributed by atoms with van der Waals surface area (Å²) in [7, 11) is 0. The molecule has 4 aromatic carbocycles. The van der Waals surface area contributed by atoms with Crippen molar-refractivity contribution in [1.29, 1.82) is 0 Å². The second-order valence-corrected chi connectivity index (χ2v) is 19.6. The Morgan fingerprint density at radius 1 is 0.807 bits per heavy atom. The Kier molecular flexibility index (Phi) is 8.23. The van der Waals surface area contributed by atoms with Crippen molar-refractivity contribution in [2.24, 2.45) is 4.99 Å². The van der Waals surface area contributed by atoms with Gasteiger partial charge in [-0.3, -0.25) is 4.99 Å². The van der Waals surface area contributed by atoms with Crippen LogP contribution in [-0.4, -0.2) is 21.0 Å². The molecule has 3 aliphatic rings. The molecule has 0 N–H and O–H groups in total. The van der Waals surface area contributed by atoms with Crippen LogP contribution >= 0.6 is 0 Å². The Morgan fingerprint density at radius 2 is 1.51 bits per heavy atom. The number of aliphatic imine (C=N–C) groups is 1. The Hall–Kier alpha value is -4.21. The number of fused-ring (bicyclic) bond motifs is 8. The van der Waals surface area contributed by atoms with Crippen LogP contribution in [0.1, 0.15) is 140 Å². The summed E-state index contributed by atoms with van der Waals surface area (Å²) >= 11 is 0. The molecule has 2 aromatic heterocycles. The first-order valence-corrected chi connectivity index (χ1v) is 20.0. The number of hydrogen-bond acceptors (Lipinski definition) is 4. The Balaban J connectivity index is 0.00000484. The normalized spacial score (nSPS) is 22.1. The van der Waals surface area contributed by atoms with Crippen molar-refractivity contribution in [3.05, 3.63) is 128 Å². The van der Waals surface area contributed by atoms with E-state index in [9.17, 15) is 2.74 Å². The van der Waals surface area contributed by atoms with Gasteiger partial charge in [0.1, 0.15) is 22.7 Å². The van der Waals surface area contributed by atoms with Gasteiger partial charge in [-0.1, -0.05) is 104 Å². The zero-order valence-corrected chi connectivity index (χ0v) is 38.1. The van der Waals surface area contributed by atoms with Gasteiger partial charge in [0.05, 0.1) is 5.52 Å². The van der Waals surface area contributed by atoms with E-state index in [2.05, 4.69) is 135 Å². The topological polar surface area (TPSA) is 48.6 Å². The van der Waals surface area contributed by atoms with Gasteiger partial charge in [-0.05, 0) is 115 Å². The fraction of sp³-hybridized carbons (Fsp3) is 0.412. The summed E-state index contributed by atoms with van der Waals surface area (Å²) in [4.78, 5) is 10.4. The number of benzene rings is 4. The number of rotatable bonds is 3. The van der Waals surface area contributed by atoms with Gasteiger partial charge < -0.3 is 14.0 Å². The van der Waals surface area contributed by atoms with E-state index in [4.69, 9.17) is 19.5 Å². The fourth-order valence-electron chi connectivity index (χ4n) is 9.16. The van der Waals surface area contributed by atoms with Gasteiger partial charge in [0.25, 0.3) is 0 Å². The standard InChI is InChI=1S/C51H55N3O2.Pt/c1-28-15-16-38-36(31(28)4)17-19-50(13)51(38,14)53-46(56-50)32-22-33(47(5,6)7)24-35(23-32)55-42-27-41-39(21-30(42)3)49(11,12)40-26-34(48(8,9)10)25-37-43-29(2)18-20-52-45(43)54(41)44(37)40;/h15-16,18,20-22,24-26H,17,19H2,1-14H3;/q-2;+2/t50-,51+;/m0./s1/i17D2;. The van der Waals surface area contributed by atoms with Gasteiger partial charge in [-0.15, -0.1) is 28.8 Å². The molecule has 0 spiro atoms. The number of ether oxygens (including phenoxy) is 2. The minimum Gasteiger partial charge on any atom is -0.511 e. The minimum atomic E-state index is -1.58. The molecule has 6 aromatic rings. The smallest absolute Gasteiger partial charge is 0.511 e. The number of pyridine rings is 1. The van der Waals surface area contributed by atoms with Gasteiger partial charge in [0, 0.05) is 31.2 Å². The molecule has 9 rings (SSSR count). The average Bonchev–Trinajstić information content (AvgIpc) is 3.60. The van der Waals surface area contributed by atoms with Gasteiger partial charge in [0.2, 0.25) is 0 Å². The summed E-state index contributed by atoms with van der Waals surface area (Å²) in [6.07, 6.45) is 0.507. The van der Waals surface area contributed by atoms with Crippen molar-refractivity contribution in [1.82, 2.24) is 9.55 Å². The van der Waals surface area contributed by atoms with Crippen LogP contribution in [0, 0.1) is 39.8 Å². The van der Waals surface area contributed by atoms with Crippen molar-refractivity contribution < 1.29 is 33.3 Å². The third-order valence-electron chi connectivity index (χ3n) is 13.3. The monoisotopic (exact) mass is 938 g/mol. The van der Waals surface area contributed by atoms with E-state index in [1.54, 1.807) is 0 Å². The van der Waals surface area contributed by atoms with Crippen molar-refractivity contribution >= 4 is 27.8 Å². The van der Waals surface area contributed by atoms with Crippen molar-refractivity contribution in [3.8, 4) is 17.2 Å². The van der Waals surface area contributed by atoms with Crippen molar-refractivity contribution in [2.45, 2.75) is 137 Å². The predicted molar refractivity (Wildman–Crippen MR) is 229 cm³/mol. The van der Waals surface area contributed by atoms with E-state index in [0.29, 0.717) is 23.0 Å². The van der Waals surface area contributed by atoms with Crippen LogP contribution in [0.3, 0.4) is 0 Å². The first kappa shape index (κ1) is 37.1. The van der Waals surface area contributed by atoms with Gasteiger partial charge in [0.15, 0.2) is 0 Å². The number of aryl methyl sites for hydroxylation is 3. The molecule has 0 radical (unpaired) electrons. The van der Waals surface area contributed by atoms with Crippen LogP contribution in [0.2, 0.25) is 0 Å². The molecular weight excluding hydrogens is 882 g/mol. The molecule has 2 aliphatic heterocycles. The molecule has 5 nitrogen and oxygen atoms in total. The van der Waals surface area contributed by atoms with E-state index in [-0.39, 0.29) is 43.7 Å². The van der Waals surface area contributed by atoms with E-state index < -0.39 is 17.5 Å². The molecule has 1 aliphatic carbocycles. The second kappa shape index (κ2) is 12.6. The number of hydrogen-bond donors (Lipinski definition) is 0. The number of nitrogens with zero attached hydrogens (tertiary/aromatic N) is 3. The molecule has 0 bridgehead atoms. The van der Waals surface area contributed by atoms with E-state index in [1.165, 1.54) is 38.5 Å². The summed E-state index contributed by atoms with van der Waals surface area (Å²) in [5.74, 6) is 1.61. The molecule has 296 valence electrons. The maximum absolute atomic E-state index is 9.22. The van der Waals surface area contributed by atoms with E-state index in [0.717, 1.165) is 44.7 Å². The first-order chi connectivity index (χ1) is 26.9. The van der Waals surface area contributed by atoms with Crippen molar-refractivity contribution in [3.63, 3.8) is 0 Å². The molecule has 0 fully saturated rings. The molecule has 0 saturated heterocycles. The van der Waals surface area contributed by atoms with Gasteiger partial charge in [-0.25, -0.2) is 4.98 Å². The molecule has 0 unspecified atom stereocenters. The van der Waals surface area contributed by atoms with Crippen LogP contribution in [0.15, 0.2) is 59.7 Å².